The normalized spacial score (nSPS) is 15.2. The number of hydrogen-bond donors (Lipinski definition) is 0. The Labute approximate surface area is 187 Å². The van der Waals surface area contributed by atoms with E-state index in [0.29, 0.717) is 5.56 Å². The van der Waals surface area contributed by atoms with Crippen molar-refractivity contribution in [3.63, 3.8) is 0 Å². The first kappa shape index (κ1) is 24.4. The van der Waals surface area contributed by atoms with E-state index < -0.39 is 0 Å². The number of fused-ring (bicyclic) bond motifs is 1. The Kier molecular flexibility index (Phi) is 8.61. The van der Waals surface area contributed by atoms with Crippen LogP contribution in [0.2, 0.25) is 0 Å². The van der Waals surface area contributed by atoms with E-state index in [2.05, 4.69) is 43.1 Å². The molecule has 2 aromatic carbocycles. The molecule has 2 aromatic rings. The van der Waals surface area contributed by atoms with E-state index in [0.717, 1.165) is 22.4 Å². The van der Waals surface area contributed by atoms with E-state index in [4.69, 9.17) is 4.74 Å². The van der Waals surface area contributed by atoms with Crippen LogP contribution in [0.1, 0.15) is 69.3 Å². The van der Waals surface area contributed by atoms with Crippen LogP contribution in [0.4, 0.5) is 4.39 Å². The number of halogens is 1. The molecule has 0 saturated carbocycles. The summed E-state index contributed by atoms with van der Waals surface area (Å²) in [5.41, 5.74) is 3.46. The third kappa shape index (κ3) is 6.55. The van der Waals surface area contributed by atoms with Crippen molar-refractivity contribution < 1.29 is 9.13 Å². The molecule has 3 nitrogen and oxygen atoms in total. The number of aryl methyl sites for hydroxylation is 1. The molecule has 0 bridgehead atoms. The molecule has 0 saturated heterocycles. The Morgan fingerprint density at radius 2 is 1.77 bits per heavy atom. The molecule has 0 fully saturated rings. The summed E-state index contributed by atoms with van der Waals surface area (Å²) in [6.45, 7) is 12.0. The summed E-state index contributed by atoms with van der Waals surface area (Å²) in [5, 5.41) is 0. The lowest BCUT2D eigenvalue weighted by Crippen LogP contribution is -2.28. The quantitative estimate of drug-likeness (QED) is 0.372. The lowest BCUT2D eigenvalue weighted by molar-refractivity contribution is 0.159. The maximum atomic E-state index is 13.8. The zero-order valence-corrected chi connectivity index (χ0v) is 19.8. The van der Waals surface area contributed by atoms with Crippen LogP contribution in [0.5, 0.6) is 5.75 Å². The molecule has 0 spiro atoms. The average molecular weight is 423 g/mol. The van der Waals surface area contributed by atoms with Gasteiger partial charge in [0.25, 0.3) is 0 Å². The van der Waals surface area contributed by atoms with Crippen molar-refractivity contribution >= 4 is 12.4 Å². The second kappa shape index (κ2) is 10.9. The zero-order chi connectivity index (χ0) is 23.0. The number of nitrogens with zero attached hydrogens (tertiary/aromatic N) is 2. The van der Waals surface area contributed by atoms with Gasteiger partial charge in [0.2, 0.25) is 0 Å². The van der Waals surface area contributed by atoms with E-state index in [1.54, 1.807) is 19.5 Å². The topological polar surface area (TPSA) is 24.8 Å². The third-order valence-corrected chi connectivity index (χ3v) is 4.78. The molecule has 31 heavy (non-hydrogen) atoms. The molecular weight excluding hydrogens is 387 g/mol. The van der Waals surface area contributed by atoms with Crippen molar-refractivity contribution in [3.8, 4) is 5.75 Å². The highest BCUT2D eigenvalue weighted by atomic mass is 19.1. The summed E-state index contributed by atoms with van der Waals surface area (Å²) >= 11 is 0. The Morgan fingerprint density at radius 3 is 2.42 bits per heavy atom. The number of benzene rings is 2. The molecule has 3 rings (SSSR count). The SMILES string of the molecule is CC=CN=CN(C)C(c1ccc(F)c(C)c1)c1ccc2c(c1)C=CC(C)(C)O2.CCC. The second-order valence-electron chi connectivity index (χ2n) is 8.37. The third-order valence-electron chi connectivity index (χ3n) is 4.78. The second-order valence-corrected chi connectivity index (χ2v) is 8.37. The minimum absolute atomic E-state index is 0.0954. The van der Waals surface area contributed by atoms with E-state index >= 15 is 0 Å². The first-order chi connectivity index (χ1) is 14.7. The number of aliphatic imine (C=N–C) groups is 1. The molecule has 1 aliphatic rings. The van der Waals surface area contributed by atoms with Gasteiger partial charge in [-0.25, -0.2) is 9.38 Å². The summed E-state index contributed by atoms with van der Waals surface area (Å²) in [6, 6.07) is 11.4. The molecule has 1 aliphatic heterocycles. The molecule has 0 radical (unpaired) electrons. The predicted molar refractivity (Wildman–Crippen MR) is 130 cm³/mol. The molecule has 1 unspecified atom stereocenters. The molecule has 1 atom stereocenters. The highest BCUT2D eigenvalue weighted by Crippen LogP contribution is 2.35. The van der Waals surface area contributed by atoms with Crippen molar-refractivity contribution in [2.24, 2.45) is 4.99 Å². The van der Waals surface area contributed by atoms with E-state index in [1.807, 2.05) is 57.0 Å². The lowest BCUT2D eigenvalue weighted by Gasteiger charge is -2.31. The van der Waals surface area contributed by atoms with Crippen molar-refractivity contribution in [1.29, 1.82) is 0 Å². The molecule has 0 N–H and O–H groups in total. The predicted octanol–water partition coefficient (Wildman–Crippen LogP) is 7.32. The Hall–Kier alpha value is -2.88. The molecule has 0 amide bonds. The Morgan fingerprint density at radius 1 is 1.13 bits per heavy atom. The highest BCUT2D eigenvalue weighted by molar-refractivity contribution is 5.64. The Balaban J connectivity index is 0.00000107. The average Bonchev–Trinajstić information content (AvgIpc) is 2.71. The first-order valence-corrected chi connectivity index (χ1v) is 10.9. The lowest BCUT2D eigenvalue weighted by atomic mass is 9.93. The Bertz CT molecular complexity index is 960. The van der Waals surface area contributed by atoms with Gasteiger partial charge in [0, 0.05) is 18.8 Å². The van der Waals surface area contributed by atoms with Gasteiger partial charge in [-0.1, -0.05) is 50.6 Å². The first-order valence-electron chi connectivity index (χ1n) is 10.9. The van der Waals surface area contributed by atoms with Crippen molar-refractivity contribution in [2.45, 2.75) is 59.6 Å². The summed E-state index contributed by atoms with van der Waals surface area (Å²) < 4.78 is 19.9. The number of allylic oxidation sites excluding steroid dienone is 1. The number of rotatable bonds is 5. The van der Waals surface area contributed by atoms with Gasteiger partial charge in [-0.3, -0.25) is 0 Å². The standard InChI is InChI=1S/C24H27FN2O.C3H8/c1-6-13-26-16-27(5)23(19-7-9-21(25)17(2)14-19)20-8-10-22-18(15-20)11-12-24(3,4)28-22;1-3-2/h6-16,23H,1-5H3;3H2,1-2H3. The number of ether oxygens (including phenoxy) is 1. The number of hydrogen-bond acceptors (Lipinski definition) is 2. The van der Waals surface area contributed by atoms with Gasteiger partial charge in [0.1, 0.15) is 17.2 Å². The van der Waals surface area contributed by atoms with Gasteiger partial charge in [0.15, 0.2) is 0 Å². The van der Waals surface area contributed by atoms with Gasteiger partial charge < -0.3 is 9.64 Å². The minimum atomic E-state index is -0.308. The van der Waals surface area contributed by atoms with Gasteiger partial charge >= 0.3 is 0 Å². The van der Waals surface area contributed by atoms with Crippen LogP contribution in [-0.2, 0) is 0 Å². The maximum absolute atomic E-state index is 13.8. The van der Waals surface area contributed by atoms with Crippen LogP contribution < -0.4 is 4.74 Å². The summed E-state index contributed by atoms with van der Waals surface area (Å²) in [5.74, 6) is 0.673. The maximum Gasteiger partial charge on any atom is 0.127 e. The van der Waals surface area contributed by atoms with Crippen LogP contribution in [-0.4, -0.2) is 23.9 Å². The molecule has 1 heterocycles. The molecule has 4 heteroatoms. The largest absolute Gasteiger partial charge is 0.483 e. The van der Waals surface area contributed by atoms with Crippen LogP contribution in [0.15, 0.2) is 59.7 Å². The monoisotopic (exact) mass is 422 g/mol. The van der Waals surface area contributed by atoms with Crippen molar-refractivity contribution in [2.75, 3.05) is 7.05 Å². The van der Waals surface area contributed by atoms with Gasteiger partial charge in [-0.2, -0.15) is 0 Å². The molecular formula is C27H35FN2O. The van der Waals surface area contributed by atoms with Crippen molar-refractivity contribution in [3.05, 3.63) is 82.8 Å². The smallest absolute Gasteiger partial charge is 0.127 e. The van der Waals surface area contributed by atoms with Crippen LogP contribution >= 0.6 is 0 Å². The zero-order valence-electron chi connectivity index (χ0n) is 19.8. The summed E-state index contributed by atoms with van der Waals surface area (Å²) in [7, 11) is 1.98. The molecule has 0 aliphatic carbocycles. The highest BCUT2D eigenvalue weighted by Gasteiger charge is 2.24. The summed E-state index contributed by atoms with van der Waals surface area (Å²) in [4.78, 5) is 6.35. The van der Waals surface area contributed by atoms with Crippen LogP contribution in [0.25, 0.3) is 6.08 Å². The van der Waals surface area contributed by atoms with Gasteiger partial charge in [-0.05, 0) is 68.7 Å². The minimum Gasteiger partial charge on any atom is -0.483 e. The fraction of sp³-hybridized carbons (Fsp3) is 0.370. The van der Waals surface area contributed by atoms with E-state index in [1.165, 1.54) is 12.5 Å². The van der Waals surface area contributed by atoms with Gasteiger partial charge in [0.05, 0.1) is 12.4 Å². The fourth-order valence-corrected chi connectivity index (χ4v) is 3.37. The molecule has 166 valence electrons. The van der Waals surface area contributed by atoms with E-state index in [-0.39, 0.29) is 17.5 Å². The van der Waals surface area contributed by atoms with E-state index in [9.17, 15) is 4.39 Å². The van der Waals surface area contributed by atoms with Crippen LogP contribution in [0.3, 0.4) is 0 Å². The van der Waals surface area contributed by atoms with Crippen molar-refractivity contribution in [1.82, 2.24) is 4.90 Å². The molecule has 0 aromatic heterocycles. The fourth-order valence-electron chi connectivity index (χ4n) is 3.37. The summed E-state index contributed by atoms with van der Waals surface area (Å²) in [6.07, 6.45) is 10.8. The van der Waals surface area contributed by atoms with Gasteiger partial charge in [-0.15, -0.1) is 0 Å². The van der Waals surface area contributed by atoms with Crippen LogP contribution in [0, 0.1) is 12.7 Å².